The van der Waals surface area contributed by atoms with Crippen LogP contribution < -0.4 is 21.3 Å². The van der Waals surface area contributed by atoms with Crippen LogP contribution in [0.25, 0.3) is 43.6 Å². The lowest BCUT2D eigenvalue weighted by Gasteiger charge is -2.48. The molecule has 0 spiro atoms. The molecule has 1 fully saturated rings. The van der Waals surface area contributed by atoms with Crippen LogP contribution in [0.5, 0.6) is 0 Å². The first-order valence-electron chi connectivity index (χ1n) is 14.3. The number of rotatable bonds is 4. The maximum atomic E-state index is 13.6. The monoisotopic (exact) mass is 568 g/mol. The molecule has 5 atom stereocenters. The molecule has 1 saturated heterocycles. The Hall–Kier alpha value is -4.16. The van der Waals surface area contributed by atoms with Crippen molar-refractivity contribution in [3.63, 3.8) is 0 Å². The van der Waals surface area contributed by atoms with Gasteiger partial charge in [0.1, 0.15) is 12.3 Å². The maximum absolute atomic E-state index is 13.6. The average Bonchev–Trinajstić information content (AvgIpc) is 3.57. The molecule has 3 aliphatic heterocycles. The minimum atomic E-state index is -1.18. The van der Waals surface area contributed by atoms with E-state index in [0.717, 1.165) is 43.6 Å². The quantitative estimate of drug-likeness (QED) is 0.223. The number of fused-ring (bicyclic) bond motifs is 13. The Bertz CT molecular complexity index is 1990. The molecule has 5 aromatic rings. The predicted molar refractivity (Wildman–Crippen MR) is 160 cm³/mol. The van der Waals surface area contributed by atoms with Crippen molar-refractivity contribution >= 4 is 61.2 Å². The zero-order valence-corrected chi connectivity index (χ0v) is 23.7. The van der Waals surface area contributed by atoms with Crippen molar-refractivity contribution in [2.45, 2.75) is 50.6 Å². The van der Waals surface area contributed by atoms with Crippen LogP contribution in [-0.2, 0) is 15.2 Å². The third-order valence-electron chi connectivity index (χ3n) is 9.33. The van der Waals surface area contributed by atoms with Crippen molar-refractivity contribution < 1.29 is 24.2 Å². The molecule has 2 bridgehead atoms. The number of carbonyl (C=O) groups is 2. The van der Waals surface area contributed by atoms with Crippen LogP contribution in [0.1, 0.15) is 48.6 Å². The largest absolute Gasteiger partial charge is 0.375 e. The maximum Gasteiger partial charge on any atom is 0.319 e. The second kappa shape index (κ2) is 8.68. The van der Waals surface area contributed by atoms with Gasteiger partial charge in [-0.3, -0.25) is 4.79 Å². The lowest BCUT2D eigenvalue weighted by Crippen LogP contribution is -2.59. The van der Waals surface area contributed by atoms with Crippen LogP contribution in [0.15, 0.2) is 42.5 Å². The van der Waals surface area contributed by atoms with Gasteiger partial charge in [0.05, 0.1) is 27.6 Å². The lowest BCUT2D eigenvalue weighted by molar-refractivity contribution is -0.256. The van der Waals surface area contributed by atoms with Gasteiger partial charge in [0.2, 0.25) is 0 Å². The number of carbonyl (C=O) groups excluding carboxylic acids is 2. The van der Waals surface area contributed by atoms with E-state index in [0.29, 0.717) is 29.8 Å². The minimum Gasteiger partial charge on any atom is -0.375 e. The predicted octanol–water partition coefficient (Wildman–Crippen LogP) is 3.99. The van der Waals surface area contributed by atoms with Crippen molar-refractivity contribution in [1.29, 1.82) is 0 Å². The number of aromatic nitrogens is 2. The number of nitrogens with one attached hydrogen (secondary N) is 4. The van der Waals surface area contributed by atoms with Crippen molar-refractivity contribution in [3.05, 3.63) is 53.6 Å². The van der Waals surface area contributed by atoms with E-state index < -0.39 is 18.2 Å². The van der Waals surface area contributed by atoms with Gasteiger partial charge >= 0.3 is 6.03 Å². The van der Waals surface area contributed by atoms with Crippen molar-refractivity contribution in [3.8, 4) is 0 Å². The number of ether oxygens (including phenoxy) is 2. The summed E-state index contributed by atoms with van der Waals surface area (Å²) in [6.45, 7) is 4.41. The number of amides is 3. The summed E-state index contributed by atoms with van der Waals surface area (Å²) in [5, 5.41) is 26.5. The van der Waals surface area contributed by atoms with E-state index in [1.165, 1.54) is 0 Å². The van der Waals surface area contributed by atoms with Gasteiger partial charge in [0.15, 0.2) is 12.0 Å². The summed E-state index contributed by atoms with van der Waals surface area (Å²) >= 11 is 0. The number of para-hydroxylation sites is 1. The number of anilines is 1. The molecule has 42 heavy (non-hydrogen) atoms. The first-order chi connectivity index (χ1) is 20.3. The summed E-state index contributed by atoms with van der Waals surface area (Å²) in [4.78, 5) is 26.1. The average molecular weight is 569 g/mol. The number of hydrogen-bond donors (Lipinski definition) is 5. The lowest BCUT2D eigenvalue weighted by atomic mass is 9.93. The highest BCUT2D eigenvalue weighted by molar-refractivity contribution is 6.31. The molecule has 8 rings (SSSR count). The fraction of sp³-hybridized carbons (Fsp3) is 0.355. The number of hydrogen-bond acceptors (Lipinski definition) is 6. The Kier molecular flexibility index (Phi) is 5.28. The Balaban J connectivity index is 1.61. The van der Waals surface area contributed by atoms with Crippen LogP contribution in [0.4, 0.5) is 10.5 Å². The molecule has 3 unspecified atom stereocenters. The molecule has 0 radical (unpaired) electrons. The zero-order valence-electron chi connectivity index (χ0n) is 23.7. The van der Waals surface area contributed by atoms with Crippen molar-refractivity contribution in [2.75, 3.05) is 26.0 Å². The molecule has 216 valence electrons. The van der Waals surface area contributed by atoms with E-state index in [1.807, 2.05) is 50.4 Å². The van der Waals surface area contributed by atoms with Gasteiger partial charge in [0, 0.05) is 58.9 Å². The fourth-order valence-electron chi connectivity index (χ4n) is 7.84. The van der Waals surface area contributed by atoms with E-state index in [1.54, 1.807) is 7.11 Å². The number of likely N-dealkylation sites (N-methyl/N-ethyl adjacent to an activating group) is 1. The van der Waals surface area contributed by atoms with Crippen LogP contribution in [0.3, 0.4) is 0 Å². The molecule has 11 heteroatoms. The Morgan fingerprint density at radius 3 is 2.74 bits per heavy atom. The SMILES string of the molecule is CCNC(=O)Nc1ccc2c(c1)c1c3c(c4c5ccccc5n5c4c1n2[C@H]1CC(NC)C(OC)[C@]5(C)O1)C(O)NC3=O. The normalized spacial score (nSPS) is 26.3. The van der Waals surface area contributed by atoms with E-state index in [4.69, 9.17) is 9.47 Å². The van der Waals surface area contributed by atoms with Crippen LogP contribution in [0.2, 0.25) is 0 Å². The second-order valence-electron chi connectivity index (χ2n) is 11.5. The van der Waals surface area contributed by atoms with E-state index in [9.17, 15) is 14.7 Å². The molecule has 0 saturated carbocycles. The van der Waals surface area contributed by atoms with Gasteiger partial charge in [0.25, 0.3) is 5.91 Å². The molecule has 3 aromatic carbocycles. The third kappa shape index (κ3) is 3.03. The van der Waals surface area contributed by atoms with E-state index in [2.05, 4.69) is 43.4 Å². The highest BCUT2D eigenvalue weighted by Crippen LogP contribution is 2.54. The topological polar surface area (TPSA) is 131 Å². The Morgan fingerprint density at radius 2 is 1.98 bits per heavy atom. The number of urea groups is 1. The van der Waals surface area contributed by atoms with Gasteiger partial charge in [-0.1, -0.05) is 18.2 Å². The summed E-state index contributed by atoms with van der Waals surface area (Å²) in [5.41, 5.74) is 4.19. The molecular formula is C31H32N6O5. The molecule has 11 nitrogen and oxygen atoms in total. The summed E-state index contributed by atoms with van der Waals surface area (Å²) in [6, 6.07) is 13.4. The highest BCUT2D eigenvalue weighted by atomic mass is 16.6. The first-order valence-corrected chi connectivity index (χ1v) is 14.3. The second-order valence-corrected chi connectivity index (χ2v) is 11.5. The number of nitrogens with zero attached hydrogens (tertiary/aromatic N) is 2. The molecule has 5 N–H and O–H groups in total. The highest BCUT2D eigenvalue weighted by Gasteiger charge is 2.53. The zero-order chi connectivity index (χ0) is 29.1. The summed E-state index contributed by atoms with van der Waals surface area (Å²) in [5.74, 6) is -0.334. The van der Waals surface area contributed by atoms with Gasteiger partial charge < -0.3 is 45.0 Å². The number of benzene rings is 3. The smallest absolute Gasteiger partial charge is 0.319 e. The van der Waals surface area contributed by atoms with Crippen molar-refractivity contribution in [1.82, 2.24) is 25.1 Å². The molecule has 2 aromatic heterocycles. The molecular weight excluding hydrogens is 536 g/mol. The summed E-state index contributed by atoms with van der Waals surface area (Å²) in [7, 11) is 3.65. The van der Waals surface area contributed by atoms with Crippen LogP contribution in [0, 0.1) is 0 Å². The standard InChI is InChI=1S/C31H32N6O5/c1-5-33-30(40)34-14-10-11-18-16(12-14)22-24-23(28(38)35-29(24)39)21-15-8-6-7-9-19(15)37-26(21)25(22)36(18)20-13-17(32-3)27(41-4)31(37,2)42-20/h6-12,17,20,27-28,32,38H,5,13H2,1-4H3,(H,35,39)(H2,33,34,40)/t17?,20-,27?,28?,31+/m1/s1. The number of aliphatic hydroxyl groups is 1. The first kappa shape index (κ1) is 25.5. The van der Waals surface area contributed by atoms with E-state index >= 15 is 0 Å². The van der Waals surface area contributed by atoms with Crippen LogP contribution in [-0.4, -0.2) is 59.0 Å². The van der Waals surface area contributed by atoms with Gasteiger partial charge in [-0.15, -0.1) is 0 Å². The Morgan fingerprint density at radius 1 is 1.17 bits per heavy atom. The van der Waals surface area contributed by atoms with Gasteiger partial charge in [-0.2, -0.15) is 0 Å². The van der Waals surface area contributed by atoms with Gasteiger partial charge in [-0.05, 0) is 45.2 Å². The van der Waals surface area contributed by atoms with Crippen LogP contribution >= 0.6 is 0 Å². The third-order valence-corrected chi connectivity index (χ3v) is 9.33. The molecule has 3 amide bonds. The molecule has 3 aliphatic rings. The molecule has 0 aliphatic carbocycles. The molecule has 5 heterocycles. The number of aliphatic hydroxyl groups excluding tert-OH is 1. The Labute approximate surface area is 240 Å². The summed E-state index contributed by atoms with van der Waals surface area (Å²) in [6.07, 6.45) is -1.28. The number of methoxy groups -OCH3 is 1. The van der Waals surface area contributed by atoms with E-state index in [-0.39, 0.29) is 24.1 Å². The summed E-state index contributed by atoms with van der Waals surface area (Å²) < 4.78 is 17.7. The van der Waals surface area contributed by atoms with Gasteiger partial charge in [-0.25, -0.2) is 4.79 Å². The van der Waals surface area contributed by atoms with Crippen molar-refractivity contribution in [2.24, 2.45) is 0 Å². The fourth-order valence-corrected chi connectivity index (χ4v) is 7.84. The minimum absolute atomic E-state index is 0.0452.